The Morgan fingerprint density at radius 2 is 2.19 bits per heavy atom. The fraction of sp³-hybridized carbons (Fsp3) is 0.882. The second kappa shape index (κ2) is 7.92. The second-order valence-electron chi connectivity index (χ2n) is 7.01. The van der Waals surface area contributed by atoms with E-state index in [4.69, 9.17) is 0 Å². The number of rotatable bonds is 7. The molecular formula is C17H32N4. The predicted octanol–water partition coefficient (Wildman–Crippen LogP) is 3.60. The third-order valence-corrected chi connectivity index (χ3v) is 4.74. The summed E-state index contributed by atoms with van der Waals surface area (Å²) in [5, 5.41) is 8.17. The van der Waals surface area contributed by atoms with Crippen LogP contribution in [0.3, 0.4) is 0 Å². The maximum Gasteiger partial charge on any atom is 0.138 e. The summed E-state index contributed by atoms with van der Waals surface area (Å²) < 4.78 is 2.08. The van der Waals surface area contributed by atoms with Crippen LogP contribution in [0.4, 0.5) is 0 Å². The largest absolute Gasteiger partial charge is 0.313 e. The van der Waals surface area contributed by atoms with Crippen LogP contribution < -0.4 is 5.32 Å². The summed E-state index contributed by atoms with van der Waals surface area (Å²) in [6.45, 7) is 10.1. The minimum atomic E-state index is 0.389. The highest BCUT2D eigenvalue weighted by Crippen LogP contribution is 2.31. The Labute approximate surface area is 129 Å². The van der Waals surface area contributed by atoms with Gasteiger partial charge in [0.15, 0.2) is 0 Å². The van der Waals surface area contributed by atoms with Gasteiger partial charge in [-0.1, -0.05) is 26.7 Å². The van der Waals surface area contributed by atoms with E-state index in [1.807, 2.05) is 0 Å². The predicted molar refractivity (Wildman–Crippen MR) is 87.3 cm³/mol. The smallest absolute Gasteiger partial charge is 0.138 e. The molecule has 1 aliphatic carbocycles. The van der Waals surface area contributed by atoms with Gasteiger partial charge in [-0.25, -0.2) is 9.67 Å². The molecule has 0 saturated heterocycles. The van der Waals surface area contributed by atoms with Crippen molar-refractivity contribution < 1.29 is 0 Å². The highest BCUT2D eigenvalue weighted by molar-refractivity contribution is 4.94. The lowest BCUT2D eigenvalue weighted by Gasteiger charge is -2.34. The van der Waals surface area contributed by atoms with E-state index in [0.29, 0.717) is 12.1 Å². The van der Waals surface area contributed by atoms with Crippen molar-refractivity contribution in [2.24, 2.45) is 11.8 Å². The van der Waals surface area contributed by atoms with E-state index in [1.54, 1.807) is 6.33 Å². The Bertz CT molecular complexity index is 413. The molecule has 1 N–H and O–H groups in total. The third kappa shape index (κ3) is 4.53. The molecule has 2 rings (SSSR count). The summed E-state index contributed by atoms with van der Waals surface area (Å²) in [5.74, 6) is 2.80. The molecule has 0 radical (unpaired) electrons. The van der Waals surface area contributed by atoms with E-state index in [-0.39, 0.29) is 0 Å². The van der Waals surface area contributed by atoms with E-state index in [0.717, 1.165) is 30.6 Å². The summed E-state index contributed by atoms with van der Waals surface area (Å²) in [5.41, 5.74) is 0. The van der Waals surface area contributed by atoms with Gasteiger partial charge in [0.05, 0.1) is 0 Å². The topological polar surface area (TPSA) is 42.7 Å². The van der Waals surface area contributed by atoms with Crippen LogP contribution in [-0.2, 0) is 6.42 Å². The molecule has 3 unspecified atom stereocenters. The summed E-state index contributed by atoms with van der Waals surface area (Å²) in [4.78, 5) is 4.51. The van der Waals surface area contributed by atoms with Crippen LogP contribution in [0.2, 0.25) is 0 Å². The highest BCUT2D eigenvalue weighted by atomic mass is 15.3. The monoisotopic (exact) mass is 292 g/mol. The Balaban J connectivity index is 2.06. The first-order valence-corrected chi connectivity index (χ1v) is 8.73. The lowest BCUT2D eigenvalue weighted by Crippen LogP contribution is -2.41. The van der Waals surface area contributed by atoms with E-state index in [9.17, 15) is 0 Å². The average molecular weight is 292 g/mol. The molecule has 0 spiro atoms. The quantitative estimate of drug-likeness (QED) is 0.835. The van der Waals surface area contributed by atoms with Gasteiger partial charge in [0, 0.05) is 18.5 Å². The zero-order chi connectivity index (χ0) is 15.2. The van der Waals surface area contributed by atoms with Crippen molar-refractivity contribution in [3.63, 3.8) is 0 Å². The molecule has 0 bridgehead atoms. The van der Waals surface area contributed by atoms with Crippen LogP contribution in [-0.4, -0.2) is 27.4 Å². The molecule has 1 aliphatic rings. The Kier molecular flexibility index (Phi) is 6.22. The number of aromatic nitrogens is 3. The standard InChI is InChI=1S/C17H32N4/c1-5-9-18-16(15-8-6-7-14(4)10-15)11-17-19-12-20-21(17)13(2)3/h12-16,18H,5-11H2,1-4H3. The number of hydrogen-bond donors (Lipinski definition) is 1. The van der Waals surface area contributed by atoms with Crippen LogP contribution in [0.1, 0.15) is 71.7 Å². The Hall–Kier alpha value is -0.900. The third-order valence-electron chi connectivity index (χ3n) is 4.74. The summed E-state index contributed by atoms with van der Waals surface area (Å²) in [6, 6.07) is 0.939. The van der Waals surface area contributed by atoms with Crippen LogP contribution >= 0.6 is 0 Å². The molecule has 0 amide bonds. The van der Waals surface area contributed by atoms with Crippen molar-refractivity contribution in [3.05, 3.63) is 12.2 Å². The summed E-state index contributed by atoms with van der Waals surface area (Å²) in [7, 11) is 0. The van der Waals surface area contributed by atoms with Crippen LogP contribution in [0, 0.1) is 11.8 Å². The molecule has 1 aromatic heterocycles. The summed E-state index contributed by atoms with van der Waals surface area (Å²) >= 11 is 0. The van der Waals surface area contributed by atoms with Crippen molar-refractivity contribution in [1.29, 1.82) is 0 Å². The minimum absolute atomic E-state index is 0.389. The van der Waals surface area contributed by atoms with Gasteiger partial charge in [0.1, 0.15) is 12.2 Å². The molecule has 21 heavy (non-hydrogen) atoms. The first-order chi connectivity index (χ1) is 10.1. The maximum atomic E-state index is 4.51. The molecular weight excluding hydrogens is 260 g/mol. The average Bonchev–Trinajstić information content (AvgIpc) is 2.91. The van der Waals surface area contributed by atoms with Gasteiger partial charge in [-0.05, 0) is 51.5 Å². The van der Waals surface area contributed by atoms with Crippen molar-refractivity contribution in [2.45, 2.75) is 78.3 Å². The summed E-state index contributed by atoms with van der Waals surface area (Å²) in [6.07, 6.45) is 9.41. The minimum Gasteiger partial charge on any atom is -0.313 e. The zero-order valence-electron chi connectivity index (χ0n) is 14.2. The normalized spacial score (nSPS) is 24.4. The van der Waals surface area contributed by atoms with Crippen LogP contribution in [0.15, 0.2) is 6.33 Å². The van der Waals surface area contributed by atoms with E-state index in [2.05, 4.69) is 47.8 Å². The van der Waals surface area contributed by atoms with Crippen LogP contribution in [0.5, 0.6) is 0 Å². The molecule has 4 nitrogen and oxygen atoms in total. The Morgan fingerprint density at radius 3 is 2.86 bits per heavy atom. The second-order valence-corrected chi connectivity index (χ2v) is 7.01. The van der Waals surface area contributed by atoms with Gasteiger partial charge < -0.3 is 5.32 Å². The maximum absolute atomic E-state index is 4.51. The first-order valence-electron chi connectivity index (χ1n) is 8.73. The molecule has 0 aliphatic heterocycles. The first kappa shape index (κ1) is 16.5. The molecule has 1 aromatic rings. The zero-order valence-corrected chi connectivity index (χ0v) is 14.2. The molecule has 1 heterocycles. The van der Waals surface area contributed by atoms with Gasteiger partial charge in [-0.2, -0.15) is 5.10 Å². The molecule has 120 valence electrons. The lowest BCUT2D eigenvalue weighted by molar-refractivity contribution is 0.218. The molecule has 3 atom stereocenters. The van der Waals surface area contributed by atoms with E-state index < -0.39 is 0 Å². The van der Waals surface area contributed by atoms with Gasteiger partial charge >= 0.3 is 0 Å². The SMILES string of the molecule is CCCNC(Cc1ncnn1C(C)C)C1CCCC(C)C1. The fourth-order valence-electron chi connectivity index (χ4n) is 3.63. The van der Waals surface area contributed by atoms with Gasteiger partial charge in [0.25, 0.3) is 0 Å². The number of nitrogens with one attached hydrogen (secondary N) is 1. The number of nitrogens with zero attached hydrogens (tertiary/aromatic N) is 3. The van der Waals surface area contributed by atoms with Gasteiger partial charge in [0.2, 0.25) is 0 Å². The van der Waals surface area contributed by atoms with Crippen molar-refractivity contribution in [3.8, 4) is 0 Å². The number of hydrogen-bond acceptors (Lipinski definition) is 3. The Morgan fingerprint density at radius 1 is 1.38 bits per heavy atom. The van der Waals surface area contributed by atoms with E-state index in [1.165, 1.54) is 32.1 Å². The molecule has 1 fully saturated rings. The molecule has 1 saturated carbocycles. The van der Waals surface area contributed by atoms with Crippen LogP contribution in [0.25, 0.3) is 0 Å². The van der Waals surface area contributed by atoms with Crippen molar-refractivity contribution >= 4 is 0 Å². The van der Waals surface area contributed by atoms with Gasteiger partial charge in [-0.15, -0.1) is 0 Å². The highest BCUT2D eigenvalue weighted by Gasteiger charge is 2.27. The van der Waals surface area contributed by atoms with Crippen molar-refractivity contribution in [1.82, 2.24) is 20.1 Å². The molecule has 0 aromatic carbocycles. The van der Waals surface area contributed by atoms with E-state index >= 15 is 0 Å². The lowest BCUT2D eigenvalue weighted by atomic mass is 9.77. The molecule has 4 heteroatoms. The fourth-order valence-corrected chi connectivity index (χ4v) is 3.63. The van der Waals surface area contributed by atoms with Crippen molar-refractivity contribution in [2.75, 3.05) is 6.54 Å². The van der Waals surface area contributed by atoms with Gasteiger partial charge in [-0.3, -0.25) is 0 Å².